The summed E-state index contributed by atoms with van der Waals surface area (Å²) in [6, 6.07) is 15.2. The molecule has 1 heterocycles. The van der Waals surface area contributed by atoms with Crippen molar-refractivity contribution in [3.63, 3.8) is 0 Å². The Morgan fingerprint density at radius 1 is 1.11 bits per heavy atom. The first-order valence-electron chi connectivity index (χ1n) is 9.43. The molecule has 0 bridgehead atoms. The molecule has 3 aromatic rings. The van der Waals surface area contributed by atoms with E-state index in [1.54, 1.807) is 25.6 Å². The SMILES string of the molecule is COc1ccc(CNC2CCc3cc(F)ccc32)cc1OCc1cccnc1. The number of hydrogen-bond acceptors (Lipinski definition) is 4. The molecule has 0 fully saturated rings. The highest BCUT2D eigenvalue weighted by Crippen LogP contribution is 2.33. The molecule has 1 aliphatic carbocycles. The van der Waals surface area contributed by atoms with Crippen molar-refractivity contribution in [3.8, 4) is 11.5 Å². The average Bonchev–Trinajstić information content (AvgIpc) is 3.13. The van der Waals surface area contributed by atoms with Crippen molar-refractivity contribution >= 4 is 0 Å². The zero-order valence-corrected chi connectivity index (χ0v) is 15.8. The van der Waals surface area contributed by atoms with Gasteiger partial charge in [0.1, 0.15) is 12.4 Å². The molecule has 0 aliphatic heterocycles. The summed E-state index contributed by atoms with van der Waals surface area (Å²) in [6.07, 6.45) is 5.43. The number of rotatable bonds is 7. The second-order valence-corrected chi connectivity index (χ2v) is 6.95. The first kappa shape index (κ1) is 18.4. The Balaban J connectivity index is 1.43. The maximum absolute atomic E-state index is 13.4. The quantitative estimate of drug-likeness (QED) is 0.653. The molecule has 0 saturated carbocycles. The van der Waals surface area contributed by atoms with Crippen LogP contribution in [0.3, 0.4) is 0 Å². The molecule has 28 heavy (non-hydrogen) atoms. The van der Waals surface area contributed by atoms with Crippen LogP contribution in [0.25, 0.3) is 0 Å². The zero-order chi connectivity index (χ0) is 19.3. The predicted octanol–water partition coefficient (Wildman–Crippen LogP) is 4.59. The highest BCUT2D eigenvalue weighted by molar-refractivity contribution is 5.43. The number of ether oxygens (including phenoxy) is 2. The van der Waals surface area contributed by atoms with Crippen molar-refractivity contribution < 1.29 is 13.9 Å². The second-order valence-electron chi connectivity index (χ2n) is 6.95. The van der Waals surface area contributed by atoms with Crippen LogP contribution in [0.5, 0.6) is 11.5 Å². The fraction of sp³-hybridized carbons (Fsp3) is 0.261. The summed E-state index contributed by atoms with van der Waals surface area (Å²) in [5, 5.41) is 3.58. The van der Waals surface area contributed by atoms with Crippen molar-refractivity contribution in [2.24, 2.45) is 0 Å². The van der Waals surface area contributed by atoms with E-state index in [-0.39, 0.29) is 11.9 Å². The number of nitrogens with zero attached hydrogens (tertiary/aromatic N) is 1. The third kappa shape index (κ3) is 4.15. The van der Waals surface area contributed by atoms with Gasteiger partial charge in [-0.05, 0) is 59.9 Å². The summed E-state index contributed by atoms with van der Waals surface area (Å²) >= 11 is 0. The summed E-state index contributed by atoms with van der Waals surface area (Å²) in [5.74, 6) is 1.25. The molecule has 2 aromatic carbocycles. The van der Waals surface area contributed by atoms with E-state index < -0.39 is 0 Å². The standard InChI is InChI=1S/C23H23FN2O2/c1-27-22-9-4-16(11-23(22)28-15-17-3-2-10-25-13-17)14-26-21-8-5-18-12-19(24)6-7-20(18)21/h2-4,6-7,9-13,21,26H,5,8,14-15H2,1H3. The zero-order valence-electron chi connectivity index (χ0n) is 15.8. The minimum absolute atomic E-state index is 0.162. The monoisotopic (exact) mass is 378 g/mol. The van der Waals surface area contributed by atoms with Crippen molar-refractivity contribution in [1.29, 1.82) is 0 Å². The van der Waals surface area contributed by atoms with Gasteiger partial charge in [0.05, 0.1) is 7.11 Å². The highest BCUT2D eigenvalue weighted by Gasteiger charge is 2.22. The Labute approximate surface area is 164 Å². The molecule has 5 heteroatoms. The van der Waals surface area contributed by atoms with Gasteiger partial charge in [-0.15, -0.1) is 0 Å². The van der Waals surface area contributed by atoms with E-state index >= 15 is 0 Å². The van der Waals surface area contributed by atoms with E-state index in [0.717, 1.165) is 29.5 Å². The maximum atomic E-state index is 13.4. The molecule has 144 valence electrons. The maximum Gasteiger partial charge on any atom is 0.161 e. The van der Waals surface area contributed by atoms with Crippen LogP contribution in [0.4, 0.5) is 4.39 Å². The van der Waals surface area contributed by atoms with E-state index in [0.29, 0.717) is 24.7 Å². The fourth-order valence-corrected chi connectivity index (χ4v) is 3.63. The molecule has 1 atom stereocenters. The number of aromatic nitrogens is 1. The van der Waals surface area contributed by atoms with E-state index in [1.807, 2.05) is 36.4 Å². The number of nitrogens with one attached hydrogen (secondary N) is 1. The molecule has 4 nitrogen and oxygen atoms in total. The summed E-state index contributed by atoms with van der Waals surface area (Å²) in [6.45, 7) is 1.14. The van der Waals surface area contributed by atoms with E-state index in [9.17, 15) is 4.39 Å². The van der Waals surface area contributed by atoms with Gasteiger partial charge in [0.25, 0.3) is 0 Å². The molecule has 1 N–H and O–H groups in total. The molecular weight excluding hydrogens is 355 g/mol. The summed E-state index contributed by atoms with van der Waals surface area (Å²) in [4.78, 5) is 4.11. The predicted molar refractivity (Wildman–Crippen MR) is 106 cm³/mol. The van der Waals surface area contributed by atoms with Gasteiger partial charge in [0, 0.05) is 30.5 Å². The van der Waals surface area contributed by atoms with Gasteiger partial charge in [0.15, 0.2) is 11.5 Å². The minimum atomic E-state index is -0.162. The molecule has 0 amide bonds. The fourth-order valence-electron chi connectivity index (χ4n) is 3.63. The van der Waals surface area contributed by atoms with Crippen LogP contribution in [0.2, 0.25) is 0 Å². The lowest BCUT2D eigenvalue weighted by molar-refractivity contribution is 0.283. The molecular formula is C23H23FN2O2. The summed E-state index contributed by atoms with van der Waals surface area (Å²) in [7, 11) is 1.64. The number of pyridine rings is 1. The Kier molecular flexibility index (Phi) is 5.53. The molecule has 0 saturated heterocycles. The average molecular weight is 378 g/mol. The third-order valence-corrected chi connectivity index (χ3v) is 5.08. The van der Waals surface area contributed by atoms with Gasteiger partial charge >= 0.3 is 0 Å². The Morgan fingerprint density at radius 3 is 2.86 bits per heavy atom. The normalized spacial score (nSPS) is 15.3. The van der Waals surface area contributed by atoms with Gasteiger partial charge in [-0.2, -0.15) is 0 Å². The molecule has 4 rings (SSSR count). The van der Waals surface area contributed by atoms with Gasteiger partial charge in [-0.25, -0.2) is 4.39 Å². The number of halogens is 1. The Morgan fingerprint density at radius 2 is 2.04 bits per heavy atom. The smallest absolute Gasteiger partial charge is 0.161 e. The van der Waals surface area contributed by atoms with Crippen LogP contribution in [0.15, 0.2) is 60.9 Å². The lowest BCUT2D eigenvalue weighted by Gasteiger charge is -2.16. The van der Waals surface area contributed by atoms with Gasteiger partial charge < -0.3 is 14.8 Å². The van der Waals surface area contributed by atoms with E-state index in [4.69, 9.17) is 9.47 Å². The van der Waals surface area contributed by atoms with Gasteiger partial charge in [-0.1, -0.05) is 18.2 Å². The minimum Gasteiger partial charge on any atom is -0.493 e. The Bertz CT molecular complexity index is 947. The lowest BCUT2D eigenvalue weighted by Crippen LogP contribution is -2.18. The molecule has 1 unspecified atom stereocenters. The van der Waals surface area contributed by atoms with Crippen molar-refractivity contribution in [3.05, 3.63) is 89.0 Å². The number of methoxy groups -OCH3 is 1. The molecule has 0 spiro atoms. The number of hydrogen-bond donors (Lipinski definition) is 1. The van der Waals surface area contributed by atoms with Crippen LogP contribution >= 0.6 is 0 Å². The first-order chi connectivity index (χ1) is 13.7. The van der Waals surface area contributed by atoms with Gasteiger partial charge in [-0.3, -0.25) is 4.98 Å². The number of aryl methyl sites for hydroxylation is 1. The molecule has 1 aromatic heterocycles. The summed E-state index contributed by atoms with van der Waals surface area (Å²) < 4.78 is 24.8. The topological polar surface area (TPSA) is 43.4 Å². The van der Waals surface area contributed by atoms with E-state index in [2.05, 4.69) is 10.3 Å². The number of fused-ring (bicyclic) bond motifs is 1. The van der Waals surface area contributed by atoms with Crippen molar-refractivity contribution in [2.75, 3.05) is 7.11 Å². The summed E-state index contributed by atoms with van der Waals surface area (Å²) in [5.41, 5.74) is 4.41. The second kappa shape index (κ2) is 8.40. The Hall–Kier alpha value is -2.92. The van der Waals surface area contributed by atoms with Crippen molar-refractivity contribution in [1.82, 2.24) is 10.3 Å². The van der Waals surface area contributed by atoms with Gasteiger partial charge in [0.2, 0.25) is 0 Å². The van der Waals surface area contributed by atoms with E-state index in [1.165, 1.54) is 11.6 Å². The van der Waals surface area contributed by atoms with Crippen molar-refractivity contribution in [2.45, 2.75) is 32.0 Å². The van der Waals surface area contributed by atoms with Crippen LogP contribution in [-0.2, 0) is 19.6 Å². The lowest BCUT2D eigenvalue weighted by atomic mass is 10.1. The molecule has 1 aliphatic rings. The number of benzene rings is 2. The van der Waals surface area contributed by atoms with Crippen LogP contribution in [0, 0.1) is 5.82 Å². The highest BCUT2D eigenvalue weighted by atomic mass is 19.1. The first-order valence-corrected chi connectivity index (χ1v) is 9.43. The third-order valence-electron chi connectivity index (χ3n) is 5.08. The van der Waals surface area contributed by atoms with Crippen LogP contribution < -0.4 is 14.8 Å². The molecule has 0 radical (unpaired) electrons. The van der Waals surface area contributed by atoms with Crippen LogP contribution in [0.1, 0.15) is 34.7 Å². The van der Waals surface area contributed by atoms with Crippen LogP contribution in [-0.4, -0.2) is 12.1 Å². The largest absolute Gasteiger partial charge is 0.493 e.